The minimum absolute atomic E-state index is 0.128. The van der Waals surface area contributed by atoms with E-state index in [1.807, 2.05) is 18.2 Å². The van der Waals surface area contributed by atoms with Crippen molar-refractivity contribution in [2.24, 2.45) is 5.92 Å². The van der Waals surface area contributed by atoms with E-state index < -0.39 is 18.0 Å². The highest BCUT2D eigenvalue weighted by molar-refractivity contribution is 5.94. The minimum atomic E-state index is -4.77. The number of pyridine rings is 2. The Balaban J connectivity index is 1.91. The Labute approximate surface area is 165 Å². The zero-order valence-electron chi connectivity index (χ0n) is 16.1. The standard InChI is InChI=1S/C21H20F3N3O2/c1-11(2)20(29)27-18-8-13-4-5-14(7-15(13)9-26-18)16-10-25-17(6-12(16)3)19(28)21(22,23)24/h4-11,19,28H,1-3H3,(H,26,27,29)/t19-/m1/s1. The van der Waals surface area contributed by atoms with Crippen LogP contribution in [0.4, 0.5) is 19.0 Å². The number of carbonyl (C=O) groups is 1. The van der Waals surface area contributed by atoms with E-state index in [1.165, 1.54) is 12.3 Å². The summed E-state index contributed by atoms with van der Waals surface area (Å²) in [5, 5.41) is 13.8. The number of fused-ring (bicyclic) bond motifs is 1. The van der Waals surface area contributed by atoms with Gasteiger partial charge in [0.25, 0.3) is 0 Å². The van der Waals surface area contributed by atoms with E-state index in [2.05, 4.69) is 15.3 Å². The largest absolute Gasteiger partial charge is 0.420 e. The number of aryl methyl sites for hydroxylation is 1. The van der Waals surface area contributed by atoms with Gasteiger partial charge in [0.05, 0.1) is 5.69 Å². The van der Waals surface area contributed by atoms with Gasteiger partial charge in [0.2, 0.25) is 5.91 Å². The smallest absolute Gasteiger partial charge is 0.378 e. The van der Waals surface area contributed by atoms with Gasteiger partial charge in [-0.25, -0.2) is 4.98 Å². The molecule has 0 aliphatic rings. The number of anilines is 1. The fourth-order valence-corrected chi connectivity index (χ4v) is 2.85. The minimum Gasteiger partial charge on any atom is -0.378 e. The molecule has 2 aromatic heterocycles. The Hall–Kier alpha value is -3.00. The van der Waals surface area contributed by atoms with Crippen molar-refractivity contribution in [1.82, 2.24) is 9.97 Å². The molecule has 1 aromatic carbocycles. The number of nitrogens with zero attached hydrogens (tertiary/aromatic N) is 2. The lowest BCUT2D eigenvalue weighted by atomic mass is 9.99. The number of rotatable bonds is 4. The summed E-state index contributed by atoms with van der Waals surface area (Å²) in [7, 11) is 0. The van der Waals surface area contributed by atoms with Gasteiger partial charge in [-0.1, -0.05) is 26.0 Å². The van der Waals surface area contributed by atoms with Crippen LogP contribution in [0, 0.1) is 12.8 Å². The monoisotopic (exact) mass is 403 g/mol. The molecule has 0 saturated heterocycles. The van der Waals surface area contributed by atoms with Crippen LogP contribution in [0.3, 0.4) is 0 Å². The maximum absolute atomic E-state index is 12.7. The summed E-state index contributed by atoms with van der Waals surface area (Å²) in [6, 6.07) is 8.50. The molecule has 0 spiro atoms. The number of halogens is 3. The second-order valence-corrected chi connectivity index (χ2v) is 7.14. The molecular weight excluding hydrogens is 383 g/mol. The number of hydrogen-bond donors (Lipinski definition) is 2. The molecule has 29 heavy (non-hydrogen) atoms. The number of carbonyl (C=O) groups excluding carboxylic acids is 1. The summed E-state index contributed by atoms with van der Waals surface area (Å²) in [5.74, 6) is 0.160. The third-order valence-corrected chi connectivity index (χ3v) is 4.53. The molecule has 1 atom stereocenters. The summed E-state index contributed by atoms with van der Waals surface area (Å²) in [6.07, 6.45) is -4.43. The highest BCUT2D eigenvalue weighted by Gasteiger charge is 2.40. The molecule has 152 valence electrons. The van der Waals surface area contributed by atoms with E-state index >= 15 is 0 Å². The van der Waals surface area contributed by atoms with E-state index in [9.17, 15) is 23.1 Å². The van der Waals surface area contributed by atoms with Gasteiger partial charge in [-0.05, 0) is 41.6 Å². The van der Waals surface area contributed by atoms with Crippen molar-refractivity contribution < 1.29 is 23.1 Å². The number of alkyl halides is 3. The molecule has 3 rings (SSSR count). The van der Waals surface area contributed by atoms with Crippen LogP contribution in [0.2, 0.25) is 0 Å². The second-order valence-electron chi connectivity index (χ2n) is 7.14. The lowest BCUT2D eigenvalue weighted by molar-refractivity contribution is -0.207. The molecule has 0 aliphatic carbocycles. The van der Waals surface area contributed by atoms with Crippen LogP contribution in [-0.2, 0) is 4.79 Å². The van der Waals surface area contributed by atoms with Crippen LogP contribution in [0.15, 0.2) is 42.7 Å². The summed E-state index contributed by atoms with van der Waals surface area (Å²) in [6.45, 7) is 5.24. The second kappa shape index (κ2) is 7.79. The average Bonchev–Trinajstić information content (AvgIpc) is 2.66. The van der Waals surface area contributed by atoms with Gasteiger partial charge in [-0.3, -0.25) is 9.78 Å². The first-order chi connectivity index (χ1) is 13.6. The summed E-state index contributed by atoms with van der Waals surface area (Å²) in [5.41, 5.74) is 1.54. The van der Waals surface area contributed by atoms with Crippen molar-refractivity contribution in [2.75, 3.05) is 5.32 Å². The first kappa shape index (κ1) is 20.7. The first-order valence-electron chi connectivity index (χ1n) is 8.98. The number of amides is 1. The molecular formula is C21H20F3N3O2. The van der Waals surface area contributed by atoms with Gasteiger partial charge in [0.15, 0.2) is 6.10 Å². The van der Waals surface area contributed by atoms with Gasteiger partial charge >= 0.3 is 6.18 Å². The van der Waals surface area contributed by atoms with Gasteiger partial charge in [0, 0.05) is 29.3 Å². The summed E-state index contributed by atoms with van der Waals surface area (Å²) >= 11 is 0. The molecule has 1 amide bonds. The molecule has 5 nitrogen and oxygen atoms in total. The van der Waals surface area contributed by atoms with Crippen LogP contribution in [0.1, 0.15) is 31.2 Å². The Bertz CT molecular complexity index is 1060. The molecule has 8 heteroatoms. The van der Waals surface area contributed by atoms with E-state index in [0.29, 0.717) is 16.9 Å². The van der Waals surface area contributed by atoms with Crippen molar-refractivity contribution >= 4 is 22.5 Å². The number of aliphatic hydroxyl groups excluding tert-OH is 1. The zero-order valence-corrected chi connectivity index (χ0v) is 16.1. The molecule has 0 fully saturated rings. The number of hydrogen-bond acceptors (Lipinski definition) is 4. The van der Waals surface area contributed by atoms with Crippen LogP contribution in [-0.4, -0.2) is 27.2 Å². The van der Waals surface area contributed by atoms with E-state index in [-0.39, 0.29) is 11.8 Å². The van der Waals surface area contributed by atoms with E-state index in [0.717, 1.165) is 16.3 Å². The Morgan fingerprint density at radius 2 is 1.79 bits per heavy atom. The number of aromatic nitrogens is 2. The van der Waals surface area contributed by atoms with Gasteiger partial charge in [-0.2, -0.15) is 13.2 Å². The highest BCUT2D eigenvalue weighted by Crippen LogP contribution is 2.34. The Morgan fingerprint density at radius 3 is 2.41 bits per heavy atom. The first-order valence-corrected chi connectivity index (χ1v) is 8.98. The molecule has 2 heterocycles. The van der Waals surface area contributed by atoms with E-state index in [4.69, 9.17) is 0 Å². The molecule has 0 bridgehead atoms. The van der Waals surface area contributed by atoms with Crippen LogP contribution in [0.25, 0.3) is 21.9 Å². The van der Waals surface area contributed by atoms with Gasteiger partial charge < -0.3 is 10.4 Å². The van der Waals surface area contributed by atoms with Crippen molar-refractivity contribution in [3.8, 4) is 11.1 Å². The van der Waals surface area contributed by atoms with Gasteiger partial charge in [-0.15, -0.1) is 0 Å². The SMILES string of the molecule is Cc1cc([C@@H](O)C(F)(F)F)ncc1-c1ccc2cc(NC(=O)C(C)C)ncc2c1. The molecule has 0 aliphatic heterocycles. The van der Waals surface area contributed by atoms with Crippen LogP contribution < -0.4 is 5.32 Å². The predicted molar refractivity (Wildman–Crippen MR) is 104 cm³/mol. The maximum Gasteiger partial charge on any atom is 0.420 e. The van der Waals surface area contributed by atoms with Crippen molar-refractivity contribution in [3.05, 3.63) is 54.0 Å². The van der Waals surface area contributed by atoms with Crippen molar-refractivity contribution in [2.45, 2.75) is 33.1 Å². The Kier molecular flexibility index (Phi) is 5.57. The number of aliphatic hydroxyl groups is 1. The maximum atomic E-state index is 12.7. The third-order valence-electron chi connectivity index (χ3n) is 4.53. The molecule has 0 unspecified atom stereocenters. The summed E-state index contributed by atoms with van der Waals surface area (Å²) < 4.78 is 38.1. The molecule has 0 radical (unpaired) electrons. The normalized spacial score (nSPS) is 13.0. The van der Waals surface area contributed by atoms with Crippen molar-refractivity contribution in [1.29, 1.82) is 0 Å². The fourth-order valence-electron chi connectivity index (χ4n) is 2.85. The average molecular weight is 403 g/mol. The number of nitrogens with one attached hydrogen (secondary N) is 1. The van der Waals surface area contributed by atoms with E-state index in [1.54, 1.807) is 33.0 Å². The Morgan fingerprint density at radius 1 is 1.07 bits per heavy atom. The quantitative estimate of drug-likeness (QED) is 0.657. The molecule has 3 aromatic rings. The number of benzene rings is 1. The third kappa shape index (κ3) is 4.54. The van der Waals surface area contributed by atoms with Gasteiger partial charge in [0.1, 0.15) is 5.82 Å². The zero-order chi connectivity index (χ0) is 21.3. The highest BCUT2D eigenvalue weighted by atomic mass is 19.4. The lowest BCUT2D eigenvalue weighted by Crippen LogP contribution is -2.21. The fraction of sp³-hybridized carbons (Fsp3) is 0.286. The molecule has 0 saturated carbocycles. The lowest BCUT2D eigenvalue weighted by Gasteiger charge is -2.15. The molecule has 2 N–H and O–H groups in total. The topological polar surface area (TPSA) is 75.1 Å². The van der Waals surface area contributed by atoms with Crippen LogP contribution in [0.5, 0.6) is 0 Å². The van der Waals surface area contributed by atoms with Crippen LogP contribution >= 0.6 is 0 Å². The predicted octanol–water partition coefficient (Wildman–Crippen LogP) is 4.80. The summed E-state index contributed by atoms with van der Waals surface area (Å²) in [4.78, 5) is 19.9. The van der Waals surface area contributed by atoms with Crippen molar-refractivity contribution in [3.63, 3.8) is 0 Å².